The van der Waals surface area contributed by atoms with Gasteiger partial charge in [0.05, 0.1) is 11.3 Å². The van der Waals surface area contributed by atoms with Crippen LogP contribution in [0, 0.1) is 0 Å². The highest BCUT2D eigenvalue weighted by Crippen LogP contribution is 2.31. The van der Waals surface area contributed by atoms with E-state index in [1.807, 2.05) is 0 Å². The van der Waals surface area contributed by atoms with Gasteiger partial charge >= 0.3 is 12.3 Å². The van der Waals surface area contributed by atoms with Gasteiger partial charge in [0.2, 0.25) is 0 Å². The lowest BCUT2D eigenvalue weighted by Gasteiger charge is -2.11. The highest BCUT2D eigenvalue weighted by Gasteiger charge is 2.31. The van der Waals surface area contributed by atoms with E-state index in [0.29, 0.717) is 0 Å². The molecule has 4 nitrogen and oxygen atoms in total. The minimum absolute atomic E-state index is 0.0840. The third-order valence-electron chi connectivity index (χ3n) is 1.54. The van der Waals surface area contributed by atoms with Crippen LogP contribution in [0.2, 0.25) is 0 Å². The second-order valence-corrected chi connectivity index (χ2v) is 3.58. The summed E-state index contributed by atoms with van der Waals surface area (Å²) < 4.78 is 39.1. The number of nitrogens with two attached hydrogens (primary N) is 1. The minimum atomic E-state index is -4.85. The smallest absolute Gasteiger partial charge is 0.478 e. The number of carbonyl (C=O) groups is 1. The Balaban J connectivity index is 3.15. The van der Waals surface area contributed by atoms with Crippen molar-refractivity contribution in [2.24, 2.45) is 0 Å². The van der Waals surface area contributed by atoms with Crippen molar-refractivity contribution in [3.8, 4) is 5.75 Å². The number of carboxylic acids is 1. The number of benzene rings is 1. The Bertz CT molecular complexity index is 410. The number of ether oxygens (including phenoxy) is 1. The molecule has 0 aliphatic rings. The van der Waals surface area contributed by atoms with Gasteiger partial charge in [-0.1, -0.05) is 0 Å². The maximum Gasteiger partial charge on any atom is 0.573 e. The summed E-state index contributed by atoms with van der Waals surface area (Å²) in [6, 6.07) is 1.68. The molecule has 0 unspecified atom stereocenters. The summed E-state index contributed by atoms with van der Waals surface area (Å²) in [5.74, 6) is -1.93. The molecule has 0 aliphatic heterocycles. The van der Waals surface area contributed by atoms with Gasteiger partial charge in [-0.05, 0) is 22.0 Å². The zero-order chi connectivity index (χ0) is 12.5. The van der Waals surface area contributed by atoms with Crippen molar-refractivity contribution in [3.05, 3.63) is 22.2 Å². The molecule has 0 aromatic heterocycles. The Kier molecular flexibility index (Phi) is 3.32. The first kappa shape index (κ1) is 12.6. The zero-order valence-electron chi connectivity index (χ0n) is 7.51. The summed E-state index contributed by atoms with van der Waals surface area (Å²) in [5, 5.41) is 8.70. The molecule has 16 heavy (non-hydrogen) atoms. The number of halogens is 4. The molecule has 0 aliphatic carbocycles. The van der Waals surface area contributed by atoms with Crippen molar-refractivity contribution in [1.82, 2.24) is 0 Å². The topological polar surface area (TPSA) is 72.5 Å². The lowest BCUT2D eigenvalue weighted by atomic mass is 10.2. The summed E-state index contributed by atoms with van der Waals surface area (Å²) in [4.78, 5) is 10.7. The molecule has 0 saturated heterocycles. The molecule has 1 aromatic carbocycles. The van der Waals surface area contributed by atoms with Gasteiger partial charge in [-0.25, -0.2) is 4.79 Å². The monoisotopic (exact) mass is 299 g/mol. The normalized spacial score (nSPS) is 11.2. The van der Waals surface area contributed by atoms with Gasteiger partial charge in [-0.2, -0.15) is 0 Å². The maximum absolute atomic E-state index is 11.9. The van der Waals surface area contributed by atoms with Crippen molar-refractivity contribution in [1.29, 1.82) is 0 Å². The molecule has 3 N–H and O–H groups in total. The lowest BCUT2D eigenvalue weighted by Crippen LogP contribution is -2.17. The van der Waals surface area contributed by atoms with Gasteiger partial charge in [0.1, 0.15) is 5.75 Å². The van der Waals surface area contributed by atoms with Crippen molar-refractivity contribution in [2.75, 3.05) is 5.73 Å². The molecule has 0 fully saturated rings. The van der Waals surface area contributed by atoms with Crippen molar-refractivity contribution < 1.29 is 27.8 Å². The Morgan fingerprint density at radius 2 is 2.00 bits per heavy atom. The summed E-state index contributed by atoms with van der Waals surface area (Å²) in [5.41, 5.74) is 4.65. The molecule has 0 heterocycles. The van der Waals surface area contributed by atoms with Gasteiger partial charge in [0, 0.05) is 10.5 Å². The Labute approximate surface area is 95.9 Å². The fourth-order valence-electron chi connectivity index (χ4n) is 1.02. The lowest BCUT2D eigenvalue weighted by molar-refractivity contribution is -0.274. The highest BCUT2D eigenvalue weighted by molar-refractivity contribution is 9.10. The number of aromatic carboxylic acids is 1. The van der Waals surface area contributed by atoms with Crippen LogP contribution < -0.4 is 10.5 Å². The van der Waals surface area contributed by atoms with Crippen LogP contribution in [0.1, 0.15) is 10.4 Å². The number of alkyl halides is 3. The minimum Gasteiger partial charge on any atom is -0.478 e. The van der Waals surface area contributed by atoms with Crippen molar-refractivity contribution in [2.45, 2.75) is 6.36 Å². The first-order valence-electron chi connectivity index (χ1n) is 3.79. The molecule has 0 saturated carbocycles. The van der Waals surface area contributed by atoms with Crippen molar-refractivity contribution >= 4 is 27.6 Å². The van der Waals surface area contributed by atoms with Gasteiger partial charge in [0.15, 0.2) is 0 Å². The van der Waals surface area contributed by atoms with E-state index < -0.39 is 18.1 Å². The summed E-state index contributed by atoms with van der Waals surface area (Å²) in [6.45, 7) is 0. The average Bonchev–Trinajstić information content (AvgIpc) is 1.96. The fraction of sp³-hybridized carbons (Fsp3) is 0.125. The Morgan fingerprint density at radius 1 is 1.44 bits per heavy atom. The molecule has 88 valence electrons. The average molecular weight is 300 g/mol. The van der Waals surface area contributed by atoms with Crippen LogP contribution in [0.5, 0.6) is 5.75 Å². The van der Waals surface area contributed by atoms with E-state index in [-0.39, 0.29) is 15.7 Å². The molecule has 8 heteroatoms. The second-order valence-electron chi connectivity index (χ2n) is 2.72. The summed E-state index contributed by atoms with van der Waals surface area (Å²) in [6.07, 6.45) is -4.85. The van der Waals surface area contributed by atoms with Crippen LogP contribution in [0.3, 0.4) is 0 Å². The number of hydrogen-bond acceptors (Lipinski definition) is 3. The molecule has 1 rings (SSSR count). The SMILES string of the molecule is Nc1cc(OC(F)(F)F)cc(Br)c1C(=O)O. The number of nitrogen functional groups attached to an aromatic ring is 1. The predicted octanol–water partition coefficient (Wildman–Crippen LogP) is 2.63. The van der Waals surface area contributed by atoms with E-state index in [2.05, 4.69) is 20.7 Å². The zero-order valence-corrected chi connectivity index (χ0v) is 9.09. The standard InChI is InChI=1S/C8H5BrF3NO3/c9-4-1-3(16-8(10,11)12)2-5(13)6(4)7(14)15/h1-2H,13H2,(H,14,15). The van der Waals surface area contributed by atoms with E-state index >= 15 is 0 Å². The molecular formula is C8H5BrF3NO3. The summed E-state index contributed by atoms with van der Waals surface area (Å²) >= 11 is 2.80. The highest BCUT2D eigenvalue weighted by atomic mass is 79.9. The van der Waals surface area contributed by atoms with Crippen LogP contribution in [-0.4, -0.2) is 17.4 Å². The second kappa shape index (κ2) is 4.20. The fourth-order valence-corrected chi connectivity index (χ4v) is 1.64. The van der Waals surface area contributed by atoms with Crippen LogP contribution in [0.15, 0.2) is 16.6 Å². The molecular weight excluding hydrogens is 295 g/mol. The number of anilines is 1. The molecule has 0 bridgehead atoms. The van der Waals surface area contributed by atoms with Crippen LogP contribution >= 0.6 is 15.9 Å². The largest absolute Gasteiger partial charge is 0.573 e. The van der Waals surface area contributed by atoms with Gasteiger partial charge < -0.3 is 15.6 Å². The third kappa shape index (κ3) is 3.02. The van der Waals surface area contributed by atoms with E-state index in [9.17, 15) is 18.0 Å². The maximum atomic E-state index is 11.9. The number of carboxylic acid groups (broad SMARTS) is 1. The number of rotatable bonds is 2. The Morgan fingerprint density at radius 3 is 2.38 bits per heavy atom. The first-order chi connectivity index (χ1) is 7.20. The van der Waals surface area contributed by atoms with Crippen LogP contribution in [0.4, 0.5) is 18.9 Å². The molecule has 0 spiro atoms. The van der Waals surface area contributed by atoms with E-state index in [1.165, 1.54) is 0 Å². The summed E-state index contributed by atoms with van der Waals surface area (Å²) in [7, 11) is 0. The predicted molar refractivity (Wildman–Crippen MR) is 52.2 cm³/mol. The van der Waals surface area contributed by atoms with E-state index in [1.54, 1.807) is 0 Å². The molecule has 1 aromatic rings. The molecule has 0 atom stereocenters. The third-order valence-corrected chi connectivity index (χ3v) is 2.17. The van der Waals surface area contributed by atoms with Crippen molar-refractivity contribution in [3.63, 3.8) is 0 Å². The van der Waals surface area contributed by atoms with Gasteiger partial charge in [-0.3, -0.25) is 0 Å². The van der Waals surface area contributed by atoms with E-state index in [0.717, 1.165) is 12.1 Å². The number of hydrogen-bond donors (Lipinski definition) is 2. The molecule has 0 amide bonds. The van der Waals surface area contributed by atoms with Gasteiger partial charge in [-0.15, -0.1) is 13.2 Å². The van der Waals surface area contributed by atoms with Crippen LogP contribution in [-0.2, 0) is 0 Å². The Hall–Kier alpha value is -1.44. The quantitative estimate of drug-likeness (QED) is 0.824. The van der Waals surface area contributed by atoms with Gasteiger partial charge in [0.25, 0.3) is 0 Å². The van der Waals surface area contributed by atoms with Crippen LogP contribution in [0.25, 0.3) is 0 Å². The van der Waals surface area contributed by atoms with E-state index in [4.69, 9.17) is 10.8 Å². The first-order valence-corrected chi connectivity index (χ1v) is 4.58. The molecule has 0 radical (unpaired) electrons.